The van der Waals surface area contributed by atoms with Crippen LogP contribution in [0.3, 0.4) is 0 Å². The van der Waals surface area contributed by atoms with Crippen LogP contribution in [0.25, 0.3) is 0 Å². The highest BCUT2D eigenvalue weighted by Crippen LogP contribution is 2.32. The lowest BCUT2D eigenvalue weighted by Gasteiger charge is -2.12. The molecule has 86 valence electrons. The van der Waals surface area contributed by atoms with Crippen LogP contribution < -0.4 is 5.32 Å². The number of hydrogen-bond donors (Lipinski definition) is 2. The van der Waals surface area contributed by atoms with E-state index < -0.39 is 5.97 Å². The predicted molar refractivity (Wildman–Crippen MR) is 64.0 cm³/mol. The molecule has 1 aromatic rings. The van der Waals surface area contributed by atoms with Gasteiger partial charge in [-0.25, -0.2) is 4.79 Å². The molecule has 16 heavy (non-hydrogen) atoms. The number of carboxylic acids is 1. The van der Waals surface area contributed by atoms with Crippen molar-refractivity contribution in [1.29, 1.82) is 0 Å². The molecule has 0 saturated heterocycles. The second kappa shape index (κ2) is 4.56. The van der Waals surface area contributed by atoms with Crippen molar-refractivity contribution in [3.05, 3.63) is 29.3 Å². The van der Waals surface area contributed by atoms with Crippen LogP contribution in [0.4, 0.5) is 5.69 Å². The van der Waals surface area contributed by atoms with Crippen molar-refractivity contribution in [1.82, 2.24) is 0 Å². The van der Waals surface area contributed by atoms with Crippen LogP contribution >= 0.6 is 0 Å². The summed E-state index contributed by atoms with van der Waals surface area (Å²) in [6.45, 7) is 2.81. The van der Waals surface area contributed by atoms with Gasteiger partial charge >= 0.3 is 5.97 Å². The van der Waals surface area contributed by atoms with Gasteiger partial charge in [-0.1, -0.05) is 25.0 Å². The second-order valence-electron chi connectivity index (χ2n) is 4.46. The average Bonchev–Trinajstić information content (AvgIpc) is 3.04. The molecule has 0 radical (unpaired) electrons. The number of para-hydroxylation sites is 1. The van der Waals surface area contributed by atoms with Gasteiger partial charge < -0.3 is 10.4 Å². The zero-order chi connectivity index (χ0) is 11.5. The Bertz CT molecular complexity index is 397. The molecule has 1 aliphatic carbocycles. The molecule has 0 atom stereocenters. The van der Waals surface area contributed by atoms with Crippen molar-refractivity contribution in [2.45, 2.75) is 26.2 Å². The lowest BCUT2D eigenvalue weighted by atomic mass is 10.1. The number of benzene rings is 1. The molecule has 0 aliphatic heterocycles. The molecule has 0 spiro atoms. The van der Waals surface area contributed by atoms with E-state index in [4.69, 9.17) is 5.11 Å². The molecule has 2 N–H and O–H groups in total. The standard InChI is InChI=1S/C13H17NO2/c1-9-3-2-4-11(13(15)16)12(9)14-8-7-10-5-6-10/h2-4,10,14H,5-8H2,1H3,(H,15,16). The van der Waals surface area contributed by atoms with Crippen LogP contribution in [0.5, 0.6) is 0 Å². The number of nitrogens with one attached hydrogen (secondary N) is 1. The fourth-order valence-electron chi connectivity index (χ4n) is 1.89. The first-order chi connectivity index (χ1) is 7.68. The van der Waals surface area contributed by atoms with E-state index in [0.29, 0.717) is 5.56 Å². The molecule has 0 aromatic heterocycles. The van der Waals surface area contributed by atoms with Crippen LogP contribution in [0, 0.1) is 12.8 Å². The Hall–Kier alpha value is -1.51. The summed E-state index contributed by atoms with van der Waals surface area (Å²) < 4.78 is 0. The molecule has 1 fully saturated rings. The monoisotopic (exact) mass is 219 g/mol. The van der Waals surface area contributed by atoms with Gasteiger partial charge in [-0.15, -0.1) is 0 Å². The minimum atomic E-state index is -0.863. The minimum absolute atomic E-state index is 0.371. The largest absolute Gasteiger partial charge is 0.478 e. The molecule has 0 unspecified atom stereocenters. The average molecular weight is 219 g/mol. The van der Waals surface area contributed by atoms with E-state index in [1.807, 2.05) is 13.0 Å². The van der Waals surface area contributed by atoms with E-state index in [9.17, 15) is 4.79 Å². The summed E-state index contributed by atoms with van der Waals surface area (Å²) in [5.41, 5.74) is 2.14. The Labute approximate surface area is 95.5 Å². The van der Waals surface area contributed by atoms with Crippen LogP contribution in [-0.4, -0.2) is 17.6 Å². The Morgan fingerprint density at radius 3 is 2.88 bits per heavy atom. The maximum atomic E-state index is 11.0. The number of carboxylic acid groups (broad SMARTS) is 1. The molecule has 2 rings (SSSR count). The minimum Gasteiger partial charge on any atom is -0.478 e. The number of carbonyl (C=O) groups is 1. The zero-order valence-corrected chi connectivity index (χ0v) is 9.49. The number of aromatic carboxylic acids is 1. The van der Waals surface area contributed by atoms with Crippen molar-refractivity contribution in [2.24, 2.45) is 5.92 Å². The quantitative estimate of drug-likeness (QED) is 0.800. The summed E-state index contributed by atoms with van der Waals surface area (Å²) in [6, 6.07) is 5.37. The lowest BCUT2D eigenvalue weighted by Crippen LogP contribution is -2.09. The Morgan fingerprint density at radius 2 is 2.25 bits per heavy atom. The summed E-state index contributed by atoms with van der Waals surface area (Å²) >= 11 is 0. The van der Waals surface area contributed by atoms with Gasteiger partial charge in [0, 0.05) is 6.54 Å². The third kappa shape index (κ3) is 2.54. The molecular weight excluding hydrogens is 202 g/mol. The smallest absolute Gasteiger partial charge is 0.337 e. The molecule has 3 heteroatoms. The predicted octanol–water partition coefficient (Wildman–Crippen LogP) is 2.91. The zero-order valence-electron chi connectivity index (χ0n) is 9.49. The van der Waals surface area contributed by atoms with Crippen molar-refractivity contribution in [3.63, 3.8) is 0 Å². The third-order valence-corrected chi connectivity index (χ3v) is 3.05. The SMILES string of the molecule is Cc1cccc(C(=O)O)c1NCCC1CC1. The highest BCUT2D eigenvalue weighted by molar-refractivity contribution is 5.95. The summed E-state index contributed by atoms with van der Waals surface area (Å²) in [6.07, 6.45) is 3.82. The molecule has 1 aromatic carbocycles. The van der Waals surface area contributed by atoms with E-state index in [-0.39, 0.29) is 0 Å². The second-order valence-corrected chi connectivity index (χ2v) is 4.46. The van der Waals surface area contributed by atoms with Gasteiger partial charge in [0.15, 0.2) is 0 Å². The number of anilines is 1. The van der Waals surface area contributed by atoms with Crippen molar-refractivity contribution < 1.29 is 9.90 Å². The molecule has 0 amide bonds. The third-order valence-electron chi connectivity index (χ3n) is 3.05. The highest BCUT2D eigenvalue weighted by Gasteiger charge is 2.20. The maximum absolute atomic E-state index is 11.0. The molecule has 1 aliphatic rings. The van der Waals surface area contributed by atoms with Gasteiger partial charge in [-0.3, -0.25) is 0 Å². The number of hydrogen-bond acceptors (Lipinski definition) is 2. The van der Waals surface area contributed by atoms with E-state index in [1.165, 1.54) is 12.8 Å². The highest BCUT2D eigenvalue weighted by atomic mass is 16.4. The fourth-order valence-corrected chi connectivity index (χ4v) is 1.89. The molecule has 3 nitrogen and oxygen atoms in total. The molecular formula is C13H17NO2. The van der Waals surface area contributed by atoms with Crippen LogP contribution in [0.15, 0.2) is 18.2 Å². The summed E-state index contributed by atoms with van der Waals surface area (Å²) in [5.74, 6) is 0.00224. The summed E-state index contributed by atoms with van der Waals surface area (Å²) in [7, 11) is 0. The van der Waals surface area contributed by atoms with Gasteiger partial charge in [0.1, 0.15) is 0 Å². The van der Waals surface area contributed by atoms with E-state index >= 15 is 0 Å². The first-order valence-electron chi connectivity index (χ1n) is 5.75. The molecule has 0 heterocycles. The van der Waals surface area contributed by atoms with Gasteiger partial charge in [0.05, 0.1) is 11.3 Å². The maximum Gasteiger partial charge on any atom is 0.337 e. The van der Waals surface area contributed by atoms with Gasteiger partial charge in [0.25, 0.3) is 0 Å². The van der Waals surface area contributed by atoms with Gasteiger partial charge in [-0.05, 0) is 30.9 Å². The van der Waals surface area contributed by atoms with Gasteiger partial charge in [-0.2, -0.15) is 0 Å². The summed E-state index contributed by atoms with van der Waals surface area (Å²) in [5, 5.41) is 12.3. The van der Waals surface area contributed by atoms with Crippen molar-refractivity contribution in [3.8, 4) is 0 Å². The first kappa shape index (κ1) is 11.0. The van der Waals surface area contributed by atoms with Crippen LogP contribution in [0.2, 0.25) is 0 Å². The van der Waals surface area contributed by atoms with Crippen LogP contribution in [-0.2, 0) is 0 Å². The Kier molecular flexibility index (Phi) is 3.13. The number of aryl methyl sites for hydroxylation is 1. The van der Waals surface area contributed by atoms with Crippen LogP contribution in [0.1, 0.15) is 35.2 Å². The van der Waals surface area contributed by atoms with Crippen molar-refractivity contribution in [2.75, 3.05) is 11.9 Å². The summed E-state index contributed by atoms with van der Waals surface area (Å²) in [4.78, 5) is 11.0. The topological polar surface area (TPSA) is 49.3 Å². The normalized spacial score (nSPS) is 14.8. The van der Waals surface area contributed by atoms with E-state index in [0.717, 1.165) is 30.1 Å². The van der Waals surface area contributed by atoms with E-state index in [1.54, 1.807) is 12.1 Å². The molecule has 1 saturated carbocycles. The fraction of sp³-hybridized carbons (Fsp3) is 0.462. The van der Waals surface area contributed by atoms with E-state index in [2.05, 4.69) is 5.32 Å². The van der Waals surface area contributed by atoms with Crippen molar-refractivity contribution >= 4 is 11.7 Å². The Balaban J connectivity index is 2.06. The Morgan fingerprint density at radius 1 is 1.50 bits per heavy atom. The van der Waals surface area contributed by atoms with Gasteiger partial charge in [0.2, 0.25) is 0 Å². The molecule has 0 bridgehead atoms. The first-order valence-corrected chi connectivity index (χ1v) is 5.75. The lowest BCUT2D eigenvalue weighted by molar-refractivity contribution is 0.0698. The number of rotatable bonds is 5.